The Morgan fingerprint density at radius 3 is 2.76 bits per heavy atom. The number of aliphatic hydroxyl groups is 1. The molecule has 1 atom stereocenters. The monoisotopic (exact) mass is 313 g/mol. The van der Waals surface area contributed by atoms with Crippen molar-refractivity contribution < 1.29 is 14.8 Å². The summed E-state index contributed by atoms with van der Waals surface area (Å²) < 4.78 is 0. The Hall–Kier alpha value is -1.86. The number of amides is 2. The van der Waals surface area contributed by atoms with Gasteiger partial charge in [-0.1, -0.05) is 11.6 Å². The van der Waals surface area contributed by atoms with Crippen LogP contribution in [0.1, 0.15) is 19.3 Å². The van der Waals surface area contributed by atoms with E-state index in [-0.39, 0.29) is 23.4 Å². The molecule has 0 radical (unpaired) electrons. The van der Waals surface area contributed by atoms with Crippen LogP contribution in [0.2, 0.25) is 5.02 Å². The number of benzene rings is 1. The Balaban J connectivity index is 1.97. The van der Waals surface area contributed by atoms with Crippen molar-refractivity contribution >= 4 is 29.0 Å². The number of carbonyl (C=O) groups is 1. The number of nitrogens with zero attached hydrogens (tertiary/aromatic N) is 1. The maximum absolute atomic E-state index is 11.9. The zero-order chi connectivity index (χ0) is 15.4. The summed E-state index contributed by atoms with van der Waals surface area (Å²) in [6.07, 6.45) is 2.60. The molecule has 0 spiro atoms. The van der Waals surface area contributed by atoms with E-state index in [9.17, 15) is 14.9 Å². The van der Waals surface area contributed by atoms with E-state index in [2.05, 4.69) is 10.6 Å². The molecule has 1 saturated carbocycles. The molecule has 8 heteroatoms. The van der Waals surface area contributed by atoms with Crippen molar-refractivity contribution in [2.24, 2.45) is 5.92 Å². The molecule has 1 unspecified atom stereocenters. The molecule has 1 fully saturated rings. The number of halogens is 1. The van der Waals surface area contributed by atoms with Crippen molar-refractivity contribution in [1.82, 2.24) is 5.32 Å². The molecular formula is C13H16ClN3O4. The molecule has 1 aliphatic rings. The lowest BCUT2D eigenvalue weighted by Gasteiger charge is -2.17. The van der Waals surface area contributed by atoms with Gasteiger partial charge in [-0.15, -0.1) is 0 Å². The third-order valence-electron chi connectivity index (χ3n) is 3.36. The highest BCUT2D eigenvalue weighted by Crippen LogP contribution is 2.34. The molecule has 0 aromatic heterocycles. The molecule has 0 bridgehead atoms. The molecule has 7 nitrogen and oxygen atoms in total. The van der Waals surface area contributed by atoms with Crippen LogP contribution in [0.3, 0.4) is 0 Å². The average Bonchev–Trinajstić information content (AvgIpc) is 3.24. The zero-order valence-corrected chi connectivity index (χ0v) is 12.0. The zero-order valence-electron chi connectivity index (χ0n) is 11.2. The predicted molar refractivity (Wildman–Crippen MR) is 78.5 cm³/mol. The third kappa shape index (κ3) is 4.30. The van der Waals surface area contributed by atoms with E-state index in [1.807, 2.05) is 0 Å². The quantitative estimate of drug-likeness (QED) is 0.554. The van der Waals surface area contributed by atoms with Crippen LogP contribution < -0.4 is 10.6 Å². The first kappa shape index (κ1) is 15.5. The minimum Gasteiger partial charge on any atom is -0.396 e. The normalized spacial score (nSPS) is 15.3. The van der Waals surface area contributed by atoms with Crippen LogP contribution in [0.15, 0.2) is 18.2 Å². The number of nitro benzene ring substituents is 1. The van der Waals surface area contributed by atoms with Gasteiger partial charge in [0.1, 0.15) is 0 Å². The summed E-state index contributed by atoms with van der Waals surface area (Å²) in [5, 5.41) is 25.0. The van der Waals surface area contributed by atoms with Gasteiger partial charge in [0.05, 0.1) is 15.6 Å². The molecule has 21 heavy (non-hydrogen) atoms. The summed E-state index contributed by atoms with van der Waals surface area (Å²) in [5.74, 6) is 0.412. The maximum Gasteiger partial charge on any atom is 0.319 e. The third-order valence-corrected chi connectivity index (χ3v) is 3.67. The summed E-state index contributed by atoms with van der Waals surface area (Å²) in [6.45, 7) is 0.0136. The maximum atomic E-state index is 11.9. The van der Waals surface area contributed by atoms with Gasteiger partial charge in [-0.25, -0.2) is 4.79 Å². The lowest BCUT2D eigenvalue weighted by molar-refractivity contribution is -0.384. The highest BCUT2D eigenvalue weighted by atomic mass is 35.5. The Bertz CT molecular complexity index is 548. The SMILES string of the molecule is O=C(Nc1ccc([N+](=O)[O-])cc1Cl)NC(CCO)C1CC1. The van der Waals surface area contributed by atoms with Crippen LogP contribution >= 0.6 is 11.6 Å². The first-order valence-electron chi connectivity index (χ1n) is 6.63. The molecule has 2 amide bonds. The van der Waals surface area contributed by atoms with E-state index in [0.29, 0.717) is 18.0 Å². The number of rotatable bonds is 6. The number of nitro groups is 1. The van der Waals surface area contributed by atoms with Crippen LogP contribution in [-0.4, -0.2) is 28.7 Å². The summed E-state index contributed by atoms with van der Waals surface area (Å²) in [6, 6.07) is 3.35. The first-order chi connectivity index (χ1) is 10.0. The Morgan fingerprint density at radius 1 is 1.52 bits per heavy atom. The van der Waals surface area contributed by atoms with Gasteiger partial charge in [-0.2, -0.15) is 0 Å². The van der Waals surface area contributed by atoms with Crippen molar-refractivity contribution in [3.05, 3.63) is 33.3 Å². The number of hydrogen-bond acceptors (Lipinski definition) is 4. The average molecular weight is 314 g/mol. The summed E-state index contributed by atoms with van der Waals surface area (Å²) in [5.41, 5.74) is 0.167. The first-order valence-corrected chi connectivity index (χ1v) is 7.01. The molecule has 0 aliphatic heterocycles. The lowest BCUT2D eigenvalue weighted by Crippen LogP contribution is -2.39. The highest BCUT2D eigenvalue weighted by Gasteiger charge is 2.31. The topological polar surface area (TPSA) is 104 Å². The van der Waals surface area contributed by atoms with Gasteiger partial charge in [0.25, 0.3) is 5.69 Å². The van der Waals surface area contributed by atoms with E-state index < -0.39 is 11.0 Å². The van der Waals surface area contributed by atoms with Crippen LogP contribution in [-0.2, 0) is 0 Å². The smallest absolute Gasteiger partial charge is 0.319 e. The fourth-order valence-corrected chi connectivity index (χ4v) is 2.33. The number of urea groups is 1. The fraction of sp³-hybridized carbons (Fsp3) is 0.462. The second-order valence-corrected chi connectivity index (χ2v) is 5.38. The summed E-state index contributed by atoms with van der Waals surface area (Å²) >= 11 is 5.90. The van der Waals surface area contributed by atoms with Gasteiger partial charge < -0.3 is 15.7 Å². The Labute approximate surface area is 126 Å². The van der Waals surface area contributed by atoms with Gasteiger partial charge in [-0.05, 0) is 31.2 Å². The second-order valence-electron chi connectivity index (χ2n) is 4.98. The van der Waals surface area contributed by atoms with Crippen LogP contribution in [0.5, 0.6) is 0 Å². The van der Waals surface area contributed by atoms with Gasteiger partial charge in [0.2, 0.25) is 0 Å². The number of nitrogens with one attached hydrogen (secondary N) is 2. The van der Waals surface area contributed by atoms with Crippen molar-refractivity contribution in [2.75, 3.05) is 11.9 Å². The number of hydrogen-bond donors (Lipinski definition) is 3. The molecule has 1 aliphatic carbocycles. The van der Waals surface area contributed by atoms with E-state index in [4.69, 9.17) is 16.7 Å². The van der Waals surface area contributed by atoms with Gasteiger partial charge in [0, 0.05) is 24.8 Å². The molecule has 0 saturated heterocycles. The van der Waals surface area contributed by atoms with Crippen molar-refractivity contribution in [1.29, 1.82) is 0 Å². The molecule has 1 aromatic carbocycles. The minimum atomic E-state index is -0.555. The molecule has 114 valence electrons. The summed E-state index contributed by atoms with van der Waals surface area (Å²) in [4.78, 5) is 22.0. The summed E-state index contributed by atoms with van der Waals surface area (Å²) in [7, 11) is 0. The number of non-ortho nitro benzene ring substituents is 1. The van der Waals surface area contributed by atoms with E-state index in [1.54, 1.807) is 0 Å². The number of aliphatic hydroxyl groups excluding tert-OH is 1. The van der Waals surface area contributed by atoms with E-state index in [0.717, 1.165) is 12.8 Å². The largest absolute Gasteiger partial charge is 0.396 e. The molecule has 2 rings (SSSR count). The number of carbonyl (C=O) groups excluding carboxylic acids is 1. The Morgan fingerprint density at radius 2 is 2.24 bits per heavy atom. The lowest BCUT2D eigenvalue weighted by atomic mass is 10.1. The van der Waals surface area contributed by atoms with Crippen molar-refractivity contribution in [2.45, 2.75) is 25.3 Å². The van der Waals surface area contributed by atoms with E-state index >= 15 is 0 Å². The highest BCUT2D eigenvalue weighted by molar-refractivity contribution is 6.33. The second kappa shape index (κ2) is 6.73. The van der Waals surface area contributed by atoms with Crippen molar-refractivity contribution in [3.63, 3.8) is 0 Å². The number of anilines is 1. The minimum absolute atomic E-state index is 0.0136. The van der Waals surface area contributed by atoms with Crippen LogP contribution in [0.4, 0.5) is 16.2 Å². The molecular weight excluding hydrogens is 298 g/mol. The molecule has 0 heterocycles. The van der Waals surface area contributed by atoms with Crippen LogP contribution in [0.25, 0.3) is 0 Å². The van der Waals surface area contributed by atoms with Gasteiger partial charge in [-0.3, -0.25) is 10.1 Å². The fourth-order valence-electron chi connectivity index (χ4n) is 2.11. The predicted octanol–water partition coefficient (Wildman–Crippen LogP) is 2.53. The Kier molecular flexibility index (Phi) is 4.98. The van der Waals surface area contributed by atoms with Crippen molar-refractivity contribution in [3.8, 4) is 0 Å². The van der Waals surface area contributed by atoms with Crippen LogP contribution in [0, 0.1) is 16.0 Å². The molecule has 3 N–H and O–H groups in total. The standard InChI is InChI=1S/C13H16ClN3O4/c14-10-7-9(17(20)21)3-4-12(10)16-13(19)15-11(5-6-18)8-1-2-8/h3-4,7-8,11,18H,1-2,5-6H2,(H2,15,16,19). The molecule has 1 aromatic rings. The van der Waals surface area contributed by atoms with Gasteiger partial charge >= 0.3 is 6.03 Å². The van der Waals surface area contributed by atoms with E-state index in [1.165, 1.54) is 18.2 Å². The van der Waals surface area contributed by atoms with Gasteiger partial charge in [0.15, 0.2) is 0 Å².